The second kappa shape index (κ2) is 7.99. The fourth-order valence-electron chi connectivity index (χ4n) is 1.89. The third kappa shape index (κ3) is 5.12. The van der Waals surface area contributed by atoms with Crippen LogP contribution in [0, 0.1) is 5.82 Å². The molecular weight excluding hydrogens is 215 g/mol. The molecule has 1 rings (SSSR count). The number of Topliss-reactive ketones (excluding diaryl/α,β-unsaturated/α-hetero) is 1. The third-order valence-corrected chi connectivity index (χ3v) is 2.93. The first-order valence-electron chi connectivity index (χ1n) is 6.53. The Morgan fingerprint density at radius 3 is 2.41 bits per heavy atom. The molecule has 0 aliphatic rings. The Kier molecular flexibility index (Phi) is 6.53. The van der Waals surface area contributed by atoms with Crippen molar-refractivity contribution in [2.24, 2.45) is 0 Å². The van der Waals surface area contributed by atoms with E-state index in [1.54, 1.807) is 18.2 Å². The second-order valence-corrected chi connectivity index (χ2v) is 4.42. The average molecular weight is 236 g/mol. The van der Waals surface area contributed by atoms with Crippen LogP contribution in [0.5, 0.6) is 0 Å². The summed E-state index contributed by atoms with van der Waals surface area (Å²) in [5.74, 6) is -0.470. The van der Waals surface area contributed by atoms with E-state index in [9.17, 15) is 9.18 Å². The normalized spacial score (nSPS) is 10.5. The van der Waals surface area contributed by atoms with Gasteiger partial charge in [0.15, 0.2) is 5.78 Å². The van der Waals surface area contributed by atoms with Crippen LogP contribution in [0.2, 0.25) is 0 Å². The summed E-state index contributed by atoms with van der Waals surface area (Å²) in [6.45, 7) is 2.18. The lowest BCUT2D eigenvalue weighted by Crippen LogP contribution is -2.01. The van der Waals surface area contributed by atoms with Gasteiger partial charge in [0, 0.05) is 6.42 Å². The fraction of sp³-hybridized carbons (Fsp3) is 0.533. The molecular formula is C15H21FO. The summed E-state index contributed by atoms with van der Waals surface area (Å²) in [6.07, 6.45) is 7.32. The van der Waals surface area contributed by atoms with Gasteiger partial charge in [-0.15, -0.1) is 0 Å². The number of unbranched alkanes of at least 4 members (excludes halogenated alkanes) is 5. The minimum atomic E-state index is -0.400. The molecule has 0 saturated carbocycles. The molecule has 0 heterocycles. The number of rotatable bonds is 8. The maximum atomic E-state index is 13.3. The highest BCUT2D eigenvalue weighted by Crippen LogP contribution is 2.13. The van der Waals surface area contributed by atoms with Crippen molar-refractivity contribution >= 4 is 5.78 Å². The average Bonchev–Trinajstić information content (AvgIpc) is 2.34. The van der Waals surface area contributed by atoms with E-state index in [1.165, 1.54) is 31.7 Å². The Morgan fingerprint density at radius 2 is 1.71 bits per heavy atom. The summed E-state index contributed by atoms with van der Waals surface area (Å²) in [7, 11) is 0. The first-order valence-corrected chi connectivity index (χ1v) is 6.53. The van der Waals surface area contributed by atoms with Crippen molar-refractivity contribution in [3.63, 3.8) is 0 Å². The van der Waals surface area contributed by atoms with Gasteiger partial charge in [0.1, 0.15) is 5.82 Å². The van der Waals surface area contributed by atoms with Crippen molar-refractivity contribution in [2.75, 3.05) is 0 Å². The van der Waals surface area contributed by atoms with Crippen molar-refractivity contribution in [2.45, 2.75) is 51.9 Å². The van der Waals surface area contributed by atoms with Gasteiger partial charge in [-0.05, 0) is 18.6 Å². The van der Waals surface area contributed by atoms with Crippen LogP contribution >= 0.6 is 0 Å². The number of hydrogen-bond donors (Lipinski definition) is 0. The number of hydrogen-bond acceptors (Lipinski definition) is 1. The van der Waals surface area contributed by atoms with Crippen LogP contribution in [0.25, 0.3) is 0 Å². The van der Waals surface area contributed by atoms with Gasteiger partial charge in [0.25, 0.3) is 0 Å². The Labute approximate surface area is 103 Å². The monoisotopic (exact) mass is 236 g/mol. The van der Waals surface area contributed by atoms with Crippen LogP contribution in [0.3, 0.4) is 0 Å². The Bertz CT molecular complexity index is 347. The molecule has 0 saturated heterocycles. The predicted octanol–water partition coefficient (Wildman–Crippen LogP) is 4.76. The Morgan fingerprint density at radius 1 is 1.06 bits per heavy atom. The molecule has 0 atom stereocenters. The Balaban J connectivity index is 2.24. The number of ketones is 1. The molecule has 1 aromatic carbocycles. The largest absolute Gasteiger partial charge is 0.294 e. The van der Waals surface area contributed by atoms with Gasteiger partial charge >= 0.3 is 0 Å². The quantitative estimate of drug-likeness (QED) is 0.470. The van der Waals surface area contributed by atoms with E-state index < -0.39 is 5.82 Å². The van der Waals surface area contributed by atoms with Gasteiger partial charge in [-0.25, -0.2) is 4.39 Å². The van der Waals surface area contributed by atoms with E-state index in [0.29, 0.717) is 6.42 Å². The maximum Gasteiger partial charge on any atom is 0.165 e. The lowest BCUT2D eigenvalue weighted by molar-refractivity contribution is 0.0975. The molecule has 0 radical (unpaired) electrons. The summed E-state index contributed by atoms with van der Waals surface area (Å²) in [5, 5.41) is 0. The topological polar surface area (TPSA) is 17.1 Å². The number of carbonyl (C=O) groups excluding carboxylic acids is 1. The first kappa shape index (κ1) is 13.9. The van der Waals surface area contributed by atoms with E-state index in [2.05, 4.69) is 6.92 Å². The third-order valence-electron chi connectivity index (χ3n) is 2.93. The van der Waals surface area contributed by atoms with Crippen LogP contribution in [0.1, 0.15) is 62.2 Å². The maximum absolute atomic E-state index is 13.3. The number of halogens is 1. The highest BCUT2D eigenvalue weighted by molar-refractivity contribution is 5.96. The SMILES string of the molecule is CCCCCCCCC(=O)c1ccccc1F. The van der Waals surface area contributed by atoms with Crippen LogP contribution in [0.4, 0.5) is 4.39 Å². The predicted molar refractivity (Wildman–Crippen MR) is 68.7 cm³/mol. The van der Waals surface area contributed by atoms with Crippen LogP contribution < -0.4 is 0 Å². The molecule has 0 spiro atoms. The van der Waals surface area contributed by atoms with Crippen LogP contribution in [0.15, 0.2) is 24.3 Å². The zero-order valence-corrected chi connectivity index (χ0v) is 10.5. The van der Waals surface area contributed by atoms with Crippen molar-refractivity contribution < 1.29 is 9.18 Å². The fourth-order valence-corrected chi connectivity index (χ4v) is 1.89. The number of carbonyl (C=O) groups is 1. The Hall–Kier alpha value is -1.18. The summed E-state index contributed by atoms with van der Waals surface area (Å²) < 4.78 is 13.3. The zero-order chi connectivity index (χ0) is 12.5. The molecule has 94 valence electrons. The van der Waals surface area contributed by atoms with E-state index in [4.69, 9.17) is 0 Å². The van der Waals surface area contributed by atoms with Crippen molar-refractivity contribution in [1.82, 2.24) is 0 Å². The molecule has 0 bridgehead atoms. The minimum absolute atomic E-state index is 0.0707. The summed E-state index contributed by atoms with van der Waals surface area (Å²) in [5.41, 5.74) is 0.237. The second-order valence-electron chi connectivity index (χ2n) is 4.42. The summed E-state index contributed by atoms with van der Waals surface area (Å²) in [4.78, 5) is 11.7. The van der Waals surface area contributed by atoms with Gasteiger partial charge in [-0.3, -0.25) is 4.79 Å². The lowest BCUT2D eigenvalue weighted by Gasteiger charge is -2.02. The molecule has 0 aliphatic carbocycles. The zero-order valence-electron chi connectivity index (χ0n) is 10.5. The summed E-state index contributed by atoms with van der Waals surface area (Å²) >= 11 is 0. The molecule has 2 heteroatoms. The molecule has 0 amide bonds. The standard InChI is InChI=1S/C15H21FO/c1-2-3-4-5-6-7-12-15(17)13-10-8-9-11-14(13)16/h8-11H,2-7,12H2,1H3. The highest BCUT2D eigenvalue weighted by Gasteiger charge is 2.09. The van der Waals surface area contributed by atoms with Gasteiger partial charge in [0.2, 0.25) is 0 Å². The smallest absolute Gasteiger partial charge is 0.165 e. The van der Waals surface area contributed by atoms with Gasteiger partial charge in [-0.1, -0.05) is 51.2 Å². The van der Waals surface area contributed by atoms with Crippen LogP contribution in [-0.2, 0) is 0 Å². The van der Waals surface area contributed by atoms with Gasteiger partial charge in [-0.2, -0.15) is 0 Å². The number of benzene rings is 1. The highest BCUT2D eigenvalue weighted by atomic mass is 19.1. The molecule has 0 fully saturated rings. The van der Waals surface area contributed by atoms with E-state index >= 15 is 0 Å². The molecule has 0 N–H and O–H groups in total. The minimum Gasteiger partial charge on any atom is -0.294 e. The van der Waals surface area contributed by atoms with Gasteiger partial charge < -0.3 is 0 Å². The van der Waals surface area contributed by atoms with Crippen molar-refractivity contribution in [3.8, 4) is 0 Å². The molecule has 0 aromatic heterocycles. The lowest BCUT2D eigenvalue weighted by atomic mass is 10.0. The van der Waals surface area contributed by atoms with E-state index in [-0.39, 0.29) is 11.3 Å². The van der Waals surface area contributed by atoms with Gasteiger partial charge in [0.05, 0.1) is 5.56 Å². The van der Waals surface area contributed by atoms with Crippen molar-refractivity contribution in [3.05, 3.63) is 35.6 Å². The molecule has 0 unspecified atom stereocenters. The first-order chi connectivity index (χ1) is 8.25. The van der Waals surface area contributed by atoms with Crippen molar-refractivity contribution in [1.29, 1.82) is 0 Å². The van der Waals surface area contributed by atoms with Crippen LogP contribution in [-0.4, -0.2) is 5.78 Å². The van der Waals surface area contributed by atoms with E-state index in [0.717, 1.165) is 12.8 Å². The van der Waals surface area contributed by atoms with E-state index in [1.807, 2.05) is 0 Å². The molecule has 0 aliphatic heterocycles. The molecule has 1 nitrogen and oxygen atoms in total. The molecule has 17 heavy (non-hydrogen) atoms. The summed E-state index contributed by atoms with van der Waals surface area (Å²) in [6, 6.07) is 6.22. The molecule has 1 aromatic rings.